The van der Waals surface area contributed by atoms with E-state index in [9.17, 15) is 4.79 Å². The van der Waals surface area contributed by atoms with Crippen LogP contribution in [0.4, 0.5) is 0 Å². The number of carboxylic acids is 1. The largest absolute Gasteiger partial charge is 0.481 e. The molecule has 0 fully saturated rings. The van der Waals surface area contributed by atoms with Crippen LogP contribution < -0.4 is 0 Å². The third-order valence-electron chi connectivity index (χ3n) is 2.77. The zero-order chi connectivity index (χ0) is 12.0. The summed E-state index contributed by atoms with van der Waals surface area (Å²) < 4.78 is 0. The third kappa shape index (κ3) is 4.47. The Bertz CT molecular complexity index is 317. The maximum absolute atomic E-state index is 11.1. The van der Waals surface area contributed by atoms with Gasteiger partial charge in [0, 0.05) is 0 Å². The van der Waals surface area contributed by atoms with Crippen LogP contribution in [0.3, 0.4) is 0 Å². The molecule has 0 heterocycles. The molecule has 88 valence electrons. The summed E-state index contributed by atoms with van der Waals surface area (Å²) in [6.45, 7) is 4.25. The Labute approximate surface area is 97.3 Å². The minimum atomic E-state index is -0.676. The maximum Gasteiger partial charge on any atom is 0.306 e. The Balaban J connectivity index is 2.55. The number of hydrogen-bond acceptors (Lipinski definition) is 1. The molecule has 0 saturated heterocycles. The van der Waals surface area contributed by atoms with Crippen molar-refractivity contribution in [2.45, 2.75) is 33.1 Å². The Morgan fingerprint density at radius 2 is 1.81 bits per heavy atom. The zero-order valence-corrected chi connectivity index (χ0v) is 10.0. The topological polar surface area (TPSA) is 37.3 Å². The fourth-order valence-corrected chi connectivity index (χ4v) is 1.75. The molecule has 0 aromatic heterocycles. The third-order valence-corrected chi connectivity index (χ3v) is 2.77. The molecule has 2 heteroatoms. The van der Waals surface area contributed by atoms with Gasteiger partial charge < -0.3 is 5.11 Å². The van der Waals surface area contributed by atoms with Gasteiger partial charge in [0.05, 0.1) is 5.92 Å². The van der Waals surface area contributed by atoms with E-state index in [-0.39, 0.29) is 5.92 Å². The van der Waals surface area contributed by atoms with Gasteiger partial charge >= 0.3 is 5.97 Å². The molecule has 0 radical (unpaired) electrons. The van der Waals surface area contributed by atoms with Crippen LogP contribution in [0.5, 0.6) is 0 Å². The standard InChI is InChI=1S/C14H20O2/c1-11(2)8-9-13(14(15)16)10-12-6-4-3-5-7-12/h3-7,11,13H,8-10H2,1-2H3,(H,15,16)/t13-/m0/s1. The van der Waals surface area contributed by atoms with Crippen molar-refractivity contribution in [1.29, 1.82) is 0 Å². The first-order chi connectivity index (χ1) is 7.59. The Morgan fingerprint density at radius 3 is 2.31 bits per heavy atom. The molecule has 0 bridgehead atoms. The molecule has 0 unspecified atom stereocenters. The van der Waals surface area contributed by atoms with E-state index in [1.165, 1.54) is 0 Å². The highest BCUT2D eigenvalue weighted by molar-refractivity contribution is 5.70. The lowest BCUT2D eigenvalue weighted by Crippen LogP contribution is -2.17. The van der Waals surface area contributed by atoms with Gasteiger partial charge in [-0.2, -0.15) is 0 Å². The monoisotopic (exact) mass is 220 g/mol. The first-order valence-electron chi connectivity index (χ1n) is 5.86. The average molecular weight is 220 g/mol. The summed E-state index contributed by atoms with van der Waals surface area (Å²) in [6, 6.07) is 9.84. The van der Waals surface area contributed by atoms with Crippen molar-refractivity contribution in [3.05, 3.63) is 35.9 Å². The van der Waals surface area contributed by atoms with Crippen molar-refractivity contribution in [3.63, 3.8) is 0 Å². The van der Waals surface area contributed by atoms with Gasteiger partial charge in [0.15, 0.2) is 0 Å². The molecule has 0 aliphatic carbocycles. The number of carbonyl (C=O) groups is 1. The van der Waals surface area contributed by atoms with Gasteiger partial charge in [-0.15, -0.1) is 0 Å². The molecule has 16 heavy (non-hydrogen) atoms. The second-order valence-corrected chi connectivity index (χ2v) is 4.70. The fourth-order valence-electron chi connectivity index (χ4n) is 1.75. The summed E-state index contributed by atoms with van der Waals surface area (Å²) in [4.78, 5) is 11.1. The first kappa shape index (κ1) is 12.8. The van der Waals surface area contributed by atoms with Crippen molar-refractivity contribution in [1.82, 2.24) is 0 Å². The Morgan fingerprint density at radius 1 is 1.19 bits per heavy atom. The molecule has 1 aromatic carbocycles. The normalized spacial score (nSPS) is 12.7. The smallest absolute Gasteiger partial charge is 0.306 e. The lowest BCUT2D eigenvalue weighted by molar-refractivity contribution is -0.142. The average Bonchev–Trinajstić information content (AvgIpc) is 2.25. The number of carboxylic acid groups (broad SMARTS) is 1. The highest BCUT2D eigenvalue weighted by Gasteiger charge is 2.17. The summed E-state index contributed by atoms with van der Waals surface area (Å²) in [6.07, 6.45) is 2.38. The summed E-state index contributed by atoms with van der Waals surface area (Å²) in [5.41, 5.74) is 1.11. The van der Waals surface area contributed by atoms with Crippen LogP contribution in [0.15, 0.2) is 30.3 Å². The molecule has 0 saturated carbocycles. The van der Waals surface area contributed by atoms with Gasteiger partial charge in [-0.25, -0.2) is 0 Å². The van der Waals surface area contributed by atoms with Gasteiger partial charge in [0.25, 0.3) is 0 Å². The second kappa shape index (κ2) is 6.31. The zero-order valence-electron chi connectivity index (χ0n) is 10.0. The van der Waals surface area contributed by atoms with Crippen LogP contribution in [0.2, 0.25) is 0 Å². The van der Waals surface area contributed by atoms with Crippen LogP contribution in [-0.2, 0) is 11.2 Å². The lowest BCUT2D eigenvalue weighted by atomic mass is 9.92. The Hall–Kier alpha value is -1.31. The first-order valence-corrected chi connectivity index (χ1v) is 5.86. The van der Waals surface area contributed by atoms with E-state index in [4.69, 9.17) is 5.11 Å². The molecule has 2 nitrogen and oxygen atoms in total. The van der Waals surface area contributed by atoms with Crippen molar-refractivity contribution in [3.8, 4) is 0 Å². The van der Waals surface area contributed by atoms with Gasteiger partial charge in [0.1, 0.15) is 0 Å². The molecule has 0 aliphatic heterocycles. The van der Waals surface area contributed by atoms with Crippen molar-refractivity contribution < 1.29 is 9.90 Å². The number of aliphatic carboxylic acids is 1. The predicted molar refractivity (Wildman–Crippen MR) is 65.3 cm³/mol. The number of hydrogen-bond donors (Lipinski definition) is 1. The van der Waals surface area contributed by atoms with E-state index < -0.39 is 5.97 Å². The van der Waals surface area contributed by atoms with Crippen LogP contribution in [0.25, 0.3) is 0 Å². The summed E-state index contributed by atoms with van der Waals surface area (Å²) in [5, 5.41) is 9.15. The van der Waals surface area contributed by atoms with Crippen LogP contribution in [-0.4, -0.2) is 11.1 Å². The minimum Gasteiger partial charge on any atom is -0.481 e. The maximum atomic E-state index is 11.1. The molecular weight excluding hydrogens is 200 g/mol. The van der Waals surface area contributed by atoms with E-state index in [0.29, 0.717) is 12.3 Å². The summed E-state index contributed by atoms with van der Waals surface area (Å²) in [7, 11) is 0. The van der Waals surface area contributed by atoms with Crippen LogP contribution in [0.1, 0.15) is 32.3 Å². The van der Waals surface area contributed by atoms with Crippen molar-refractivity contribution >= 4 is 5.97 Å². The number of benzene rings is 1. The SMILES string of the molecule is CC(C)CC[C@@H](Cc1ccccc1)C(=O)O. The Kier molecular flexibility index (Phi) is 5.03. The number of rotatable bonds is 6. The van der Waals surface area contributed by atoms with E-state index in [0.717, 1.165) is 18.4 Å². The van der Waals surface area contributed by atoms with E-state index in [1.54, 1.807) is 0 Å². The van der Waals surface area contributed by atoms with Crippen LogP contribution >= 0.6 is 0 Å². The molecule has 1 aromatic rings. The van der Waals surface area contributed by atoms with Gasteiger partial charge in [-0.05, 0) is 24.3 Å². The fraction of sp³-hybridized carbons (Fsp3) is 0.500. The molecule has 1 rings (SSSR count). The lowest BCUT2D eigenvalue weighted by Gasteiger charge is -2.13. The van der Waals surface area contributed by atoms with E-state index in [1.807, 2.05) is 30.3 Å². The molecule has 0 aliphatic rings. The predicted octanol–water partition coefficient (Wildman–Crippen LogP) is 3.37. The van der Waals surface area contributed by atoms with E-state index >= 15 is 0 Å². The molecule has 0 amide bonds. The highest BCUT2D eigenvalue weighted by Crippen LogP contribution is 2.17. The molecule has 1 atom stereocenters. The second-order valence-electron chi connectivity index (χ2n) is 4.70. The van der Waals surface area contributed by atoms with Gasteiger partial charge in [0.2, 0.25) is 0 Å². The minimum absolute atomic E-state index is 0.246. The molecule has 1 N–H and O–H groups in total. The summed E-state index contributed by atoms with van der Waals surface area (Å²) in [5.74, 6) is -0.355. The highest BCUT2D eigenvalue weighted by atomic mass is 16.4. The van der Waals surface area contributed by atoms with E-state index in [2.05, 4.69) is 13.8 Å². The molecule has 0 spiro atoms. The summed E-state index contributed by atoms with van der Waals surface area (Å²) >= 11 is 0. The quantitative estimate of drug-likeness (QED) is 0.798. The van der Waals surface area contributed by atoms with Crippen molar-refractivity contribution in [2.75, 3.05) is 0 Å². The van der Waals surface area contributed by atoms with Crippen molar-refractivity contribution in [2.24, 2.45) is 11.8 Å². The van der Waals surface area contributed by atoms with Gasteiger partial charge in [-0.3, -0.25) is 4.79 Å². The van der Waals surface area contributed by atoms with Crippen LogP contribution in [0, 0.1) is 11.8 Å². The molecular formula is C14H20O2. The van der Waals surface area contributed by atoms with Gasteiger partial charge in [-0.1, -0.05) is 50.6 Å².